The molecular formula is C26H23NO4. The molecule has 31 heavy (non-hydrogen) atoms. The van der Waals surface area contributed by atoms with Crippen LogP contribution in [0.1, 0.15) is 32.6 Å². The third-order valence-electron chi connectivity index (χ3n) is 5.69. The zero-order valence-corrected chi connectivity index (χ0v) is 17.6. The minimum atomic E-state index is -0.0911. The minimum absolute atomic E-state index is 0.0911. The van der Waals surface area contributed by atoms with Gasteiger partial charge in [0.15, 0.2) is 5.76 Å². The predicted molar refractivity (Wildman–Crippen MR) is 118 cm³/mol. The van der Waals surface area contributed by atoms with E-state index in [1.54, 1.807) is 13.2 Å². The molecule has 0 saturated heterocycles. The van der Waals surface area contributed by atoms with Crippen molar-refractivity contribution in [2.45, 2.75) is 20.0 Å². The first-order chi connectivity index (χ1) is 15.1. The lowest BCUT2D eigenvalue weighted by Gasteiger charge is -2.30. The second-order valence-electron chi connectivity index (χ2n) is 7.79. The Labute approximate surface area is 181 Å². The SMILES string of the molecule is COc1ccccc1CN1COc2c(cc3c(c2C)O/C(=C\c2ccccc2)C3=O)C1. The standard InChI is InChI=1S/C26H23NO4/c1-17-25-20(15-27(16-30-25)14-19-10-6-7-11-22(19)29-2)13-21-24(28)23(31-26(17)21)12-18-8-4-3-5-9-18/h3-13H,14-16H2,1-2H3/b23-12-. The van der Waals surface area contributed by atoms with Gasteiger partial charge in [0.2, 0.25) is 5.78 Å². The van der Waals surface area contributed by atoms with E-state index >= 15 is 0 Å². The number of benzene rings is 3. The van der Waals surface area contributed by atoms with E-state index < -0.39 is 0 Å². The Morgan fingerprint density at radius 1 is 1.06 bits per heavy atom. The lowest BCUT2D eigenvalue weighted by molar-refractivity contribution is 0.0869. The van der Waals surface area contributed by atoms with Crippen LogP contribution >= 0.6 is 0 Å². The van der Waals surface area contributed by atoms with Gasteiger partial charge in [-0.15, -0.1) is 0 Å². The summed E-state index contributed by atoms with van der Waals surface area (Å²) in [6.07, 6.45) is 1.79. The van der Waals surface area contributed by atoms with Crippen molar-refractivity contribution in [1.29, 1.82) is 0 Å². The minimum Gasteiger partial charge on any atom is -0.496 e. The van der Waals surface area contributed by atoms with E-state index in [0.717, 1.165) is 33.8 Å². The summed E-state index contributed by atoms with van der Waals surface area (Å²) in [7, 11) is 1.68. The Bertz CT molecular complexity index is 1180. The van der Waals surface area contributed by atoms with E-state index in [2.05, 4.69) is 11.0 Å². The normalized spacial score (nSPS) is 16.5. The van der Waals surface area contributed by atoms with Crippen LogP contribution in [0.25, 0.3) is 6.08 Å². The molecule has 0 fully saturated rings. The number of ketones is 1. The van der Waals surface area contributed by atoms with Crippen LogP contribution in [0.2, 0.25) is 0 Å². The molecule has 5 rings (SSSR count). The molecule has 0 N–H and O–H groups in total. The Balaban J connectivity index is 1.42. The van der Waals surface area contributed by atoms with E-state index in [-0.39, 0.29) is 5.78 Å². The number of para-hydroxylation sites is 1. The third kappa shape index (κ3) is 3.57. The average molecular weight is 413 g/mol. The van der Waals surface area contributed by atoms with Crippen LogP contribution < -0.4 is 14.2 Å². The molecule has 3 aromatic rings. The third-order valence-corrected chi connectivity index (χ3v) is 5.69. The number of nitrogens with zero attached hydrogens (tertiary/aromatic N) is 1. The van der Waals surface area contributed by atoms with Crippen LogP contribution in [0.15, 0.2) is 66.4 Å². The number of allylic oxidation sites excluding steroid dienone is 1. The molecule has 0 amide bonds. The van der Waals surface area contributed by atoms with Crippen LogP contribution in [-0.4, -0.2) is 24.5 Å². The van der Waals surface area contributed by atoms with Gasteiger partial charge >= 0.3 is 0 Å². The first-order valence-corrected chi connectivity index (χ1v) is 10.3. The maximum absolute atomic E-state index is 13.0. The molecule has 0 aliphatic carbocycles. The average Bonchev–Trinajstić information content (AvgIpc) is 3.10. The second kappa shape index (κ2) is 7.93. The highest BCUT2D eigenvalue weighted by Crippen LogP contribution is 2.43. The van der Waals surface area contributed by atoms with Gasteiger partial charge in [0, 0.05) is 29.8 Å². The van der Waals surface area contributed by atoms with E-state index in [1.165, 1.54) is 0 Å². The number of hydrogen-bond acceptors (Lipinski definition) is 5. The molecule has 0 spiro atoms. The highest BCUT2D eigenvalue weighted by Gasteiger charge is 2.33. The second-order valence-corrected chi connectivity index (χ2v) is 7.79. The van der Waals surface area contributed by atoms with Gasteiger partial charge in [-0.3, -0.25) is 9.69 Å². The van der Waals surface area contributed by atoms with Gasteiger partial charge in [0.05, 0.1) is 12.7 Å². The summed E-state index contributed by atoms with van der Waals surface area (Å²) in [6, 6.07) is 19.6. The van der Waals surface area contributed by atoms with Gasteiger partial charge in [-0.1, -0.05) is 48.5 Å². The molecule has 5 heteroatoms. The van der Waals surface area contributed by atoms with Crippen molar-refractivity contribution in [3.05, 3.63) is 94.2 Å². The summed E-state index contributed by atoms with van der Waals surface area (Å²) < 4.78 is 17.6. The van der Waals surface area contributed by atoms with Gasteiger partial charge < -0.3 is 14.2 Å². The number of hydrogen-bond donors (Lipinski definition) is 0. The number of methoxy groups -OCH3 is 1. The highest BCUT2D eigenvalue weighted by atomic mass is 16.5. The Kier molecular flexibility index (Phi) is 4.96. The number of fused-ring (bicyclic) bond motifs is 2. The molecule has 0 bridgehead atoms. The zero-order valence-electron chi connectivity index (χ0n) is 17.6. The fourth-order valence-electron chi connectivity index (χ4n) is 4.17. The van der Waals surface area contributed by atoms with Crippen molar-refractivity contribution in [2.75, 3.05) is 13.8 Å². The monoisotopic (exact) mass is 413 g/mol. The topological polar surface area (TPSA) is 48.0 Å². The molecule has 3 aromatic carbocycles. The molecule has 2 aliphatic heterocycles. The van der Waals surface area contributed by atoms with Gasteiger partial charge in [0.1, 0.15) is 24.0 Å². The van der Waals surface area contributed by atoms with E-state index in [4.69, 9.17) is 14.2 Å². The van der Waals surface area contributed by atoms with E-state index in [0.29, 0.717) is 36.9 Å². The first kappa shape index (κ1) is 19.4. The van der Waals surface area contributed by atoms with Crippen LogP contribution in [0.4, 0.5) is 0 Å². The van der Waals surface area contributed by atoms with Gasteiger partial charge in [0.25, 0.3) is 0 Å². The van der Waals surface area contributed by atoms with Crippen LogP contribution in [-0.2, 0) is 13.1 Å². The lowest BCUT2D eigenvalue weighted by atomic mass is 9.99. The number of ether oxygens (including phenoxy) is 3. The smallest absolute Gasteiger partial charge is 0.231 e. The molecule has 5 nitrogen and oxygen atoms in total. The van der Waals surface area contributed by atoms with Crippen LogP contribution in [0.3, 0.4) is 0 Å². The highest BCUT2D eigenvalue weighted by molar-refractivity contribution is 6.15. The number of rotatable bonds is 4. The van der Waals surface area contributed by atoms with Crippen LogP contribution in [0, 0.1) is 6.92 Å². The van der Waals surface area contributed by atoms with Gasteiger partial charge in [-0.25, -0.2) is 0 Å². The molecule has 156 valence electrons. The predicted octanol–water partition coefficient (Wildman–Crippen LogP) is 4.97. The quantitative estimate of drug-likeness (QED) is 0.565. The number of carbonyl (C=O) groups excluding carboxylic acids is 1. The zero-order chi connectivity index (χ0) is 21.4. The summed E-state index contributed by atoms with van der Waals surface area (Å²) in [5.41, 5.74) is 4.49. The van der Waals surface area contributed by atoms with Crippen molar-refractivity contribution < 1.29 is 19.0 Å². The Hall–Kier alpha value is -3.57. The summed E-state index contributed by atoms with van der Waals surface area (Å²) in [5.74, 6) is 2.52. The summed E-state index contributed by atoms with van der Waals surface area (Å²) >= 11 is 0. The van der Waals surface area contributed by atoms with E-state index in [1.807, 2.05) is 61.5 Å². The van der Waals surface area contributed by atoms with Crippen molar-refractivity contribution in [1.82, 2.24) is 4.90 Å². The van der Waals surface area contributed by atoms with Crippen molar-refractivity contribution in [2.24, 2.45) is 0 Å². The van der Waals surface area contributed by atoms with Crippen molar-refractivity contribution in [3.8, 4) is 17.2 Å². The summed E-state index contributed by atoms with van der Waals surface area (Å²) in [6.45, 7) is 3.80. The lowest BCUT2D eigenvalue weighted by Crippen LogP contribution is -2.32. The first-order valence-electron chi connectivity index (χ1n) is 10.3. The maximum atomic E-state index is 13.0. The number of Topliss-reactive ketones (excluding diaryl/α,β-unsaturated/α-hetero) is 1. The van der Waals surface area contributed by atoms with Crippen molar-refractivity contribution in [3.63, 3.8) is 0 Å². The van der Waals surface area contributed by atoms with E-state index in [9.17, 15) is 4.79 Å². The molecule has 0 unspecified atom stereocenters. The summed E-state index contributed by atoms with van der Waals surface area (Å²) in [5, 5.41) is 0. The molecule has 2 heterocycles. The maximum Gasteiger partial charge on any atom is 0.231 e. The fraction of sp³-hybridized carbons (Fsp3) is 0.192. The Morgan fingerprint density at radius 2 is 1.84 bits per heavy atom. The molecule has 0 saturated carbocycles. The molecule has 0 aromatic heterocycles. The fourth-order valence-corrected chi connectivity index (χ4v) is 4.17. The molecular weight excluding hydrogens is 390 g/mol. The Morgan fingerprint density at radius 3 is 2.65 bits per heavy atom. The van der Waals surface area contributed by atoms with Crippen LogP contribution in [0.5, 0.6) is 17.2 Å². The van der Waals surface area contributed by atoms with Gasteiger partial charge in [-0.2, -0.15) is 0 Å². The number of carbonyl (C=O) groups is 1. The molecule has 2 aliphatic rings. The van der Waals surface area contributed by atoms with Gasteiger partial charge in [-0.05, 0) is 30.7 Å². The summed E-state index contributed by atoms with van der Waals surface area (Å²) in [4.78, 5) is 15.2. The largest absolute Gasteiger partial charge is 0.496 e. The molecule has 0 atom stereocenters. The molecule has 0 radical (unpaired) electrons. The van der Waals surface area contributed by atoms with Crippen molar-refractivity contribution >= 4 is 11.9 Å².